The van der Waals surface area contributed by atoms with Crippen molar-refractivity contribution in [2.45, 2.75) is 32.2 Å². The molecule has 0 bridgehead atoms. The van der Waals surface area contributed by atoms with E-state index in [2.05, 4.69) is 5.32 Å². The van der Waals surface area contributed by atoms with Crippen molar-refractivity contribution in [1.82, 2.24) is 5.32 Å². The zero-order chi connectivity index (χ0) is 14.9. The normalized spacial score (nSPS) is 18.1. The highest BCUT2D eigenvalue weighted by Crippen LogP contribution is 2.28. The Morgan fingerprint density at radius 1 is 1.30 bits per heavy atom. The van der Waals surface area contributed by atoms with Crippen molar-refractivity contribution >= 4 is 29.1 Å². The van der Waals surface area contributed by atoms with E-state index in [4.69, 9.17) is 11.6 Å². The summed E-state index contributed by atoms with van der Waals surface area (Å²) in [5.74, 6) is -1.03. The molecule has 2 rings (SSSR count). The van der Waals surface area contributed by atoms with E-state index in [1.807, 2.05) is 13.8 Å². The molecule has 1 heterocycles. The third-order valence-corrected chi connectivity index (χ3v) is 3.92. The molecule has 0 aliphatic carbocycles. The molecule has 0 spiro atoms. The zero-order valence-electron chi connectivity index (χ0n) is 11.4. The lowest BCUT2D eigenvalue weighted by Gasteiger charge is -2.41. The van der Waals surface area contributed by atoms with E-state index < -0.39 is 11.4 Å². The Morgan fingerprint density at radius 2 is 1.95 bits per heavy atom. The fraction of sp³-hybridized carbons (Fsp3) is 0.429. The minimum absolute atomic E-state index is 0.125. The van der Waals surface area contributed by atoms with Gasteiger partial charge in [-0.3, -0.25) is 9.59 Å². The van der Waals surface area contributed by atoms with Crippen LogP contribution in [0.25, 0.3) is 0 Å². The molecule has 6 heteroatoms. The van der Waals surface area contributed by atoms with Gasteiger partial charge >= 0.3 is 0 Å². The zero-order valence-corrected chi connectivity index (χ0v) is 12.1. The Hall–Kier alpha value is -1.62. The summed E-state index contributed by atoms with van der Waals surface area (Å²) in [4.78, 5) is 25.8. The maximum atomic E-state index is 13.4. The van der Waals surface area contributed by atoms with Gasteiger partial charge in [0.1, 0.15) is 17.9 Å². The van der Waals surface area contributed by atoms with Crippen LogP contribution in [0, 0.1) is 5.82 Å². The molecule has 0 saturated carbocycles. The summed E-state index contributed by atoms with van der Waals surface area (Å²) in [5, 5.41) is 2.94. The maximum absolute atomic E-state index is 13.4. The summed E-state index contributed by atoms with van der Waals surface area (Å²) in [6.07, 6.45) is 0.960. The van der Waals surface area contributed by atoms with E-state index >= 15 is 0 Å². The van der Waals surface area contributed by atoms with Crippen LogP contribution in [-0.2, 0) is 9.59 Å². The van der Waals surface area contributed by atoms with Gasteiger partial charge in [-0.05, 0) is 31.0 Å². The van der Waals surface area contributed by atoms with Gasteiger partial charge in [0.25, 0.3) is 5.91 Å². The van der Waals surface area contributed by atoms with Crippen molar-refractivity contribution in [3.63, 3.8) is 0 Å². The monoisotopic (exact) mass is 298 g/mol. The summed E-state index contributed by atoms with van der Waals surface area (Å²) in [6.45, 7) is 3.55. The fourth-order valence-corrected chi connectivity index (χ4v) is 2.68. The van der Waals surface area contributed by atoms with Crippen LogP contribution in [0.5, 0.6) is 0 Å². The Labute approximate surface area is 121 Å². The highest BCUT2D eigenvalue weighted by atomic mass is 35.5. The van der Waals surface area contributed by atoms with E-state index in [1.165, 1.54) is 17.0 Å². The molecular formula is C14H16ClFN2O2. The number of nitrogens with zero attached hydrogens (tertiary/aromatic N) is 1. The second-order valence-electron chi connectivity index (χ2n) is 4.86. The van der Waals surface area contributed by atoms with Gasteiger partial charge in [0.15, 0.2) is 0 Å². The Bertz CT molecular complexity index is 538. The lowest BCUT2D eigenvalue weighted by atomic mass is 9.88. The van der Waals surface area contributed by atoms with Gasteiger partial charge in [0.05, 0.1) is 0 Å². The minimum Gasteiger partial charge on any atom is -0.340 e. The van der Waals surface area contributed by atoms with E-state index in [1.54, 1.807) is 0 Å². The van der Waals surface area contributed by atoms with Gasteiger partial charge in [0.2, 0.25) is 5.91 Å². The summed E-state index contributed by atoms with van der Waals surface area (Å²) >= 11 is 5.81. The molecule has 1 aromatic carbocycles. The van der Waals surface area contributed by atoms with Crippen LogP contribution in [-0.4, -0.2) is 23.9 Å². The highest BCUT2D eigenvalue weighted by Gasteiger charge is 2.44. The van der Waals surface area contributed by atoms with Gasteiger partial charge in [-0.25, -0.2) is 4.39 Å². The topological polar surface area (TPSA) is 49.4 Å². The first-order valence-electron chi connectivity index (χ1n) is 6.51. The van der Waals surface area contributed by atoms with Crippen molar-refractivity contribution in [2.75, 3.05) is 11.4 Å². The molecule has 1 aliphatic rings. The number of rotatable bonds is 3. The second-order valence-corrected chi connectivity index (χ2v) is 5.29. The van der Waals surface area contributed by atoms with Crippen LogP contribution in [0.2, 0.25) is 5.02 Å². The van der Waals surface area contributed by atoms with Crippen LogP contribution < -0.4 is 10.2 Å². The quantitative estimate of drug-likeness (QED) is 0.932. The average Bonchev–Trinajstić information content (AvgIpc) is 2.40. The molecule has 20 heavy (non-hydrogen) atoms. The first-order valence-corrected chi connectivity index (χ1v) is 6.88. The van der Waals surface area contributed by atoms with Crippen molar-refractivity contribution in [1.29, 1.82) is 0 Å². The van der Waals surface area contributed by atoms with Crippen LogP contribution in [0.4, 0.5) is 10.1 Å². The minimum atomic E-state index is -0.922. The number of piperazine rings is 1. The van der Waals surface area contributed by atoms with Gasteiger partial charge in [0, 0.05) is 10.7 Å². The number of carbonyl (C=O) groups is 2. The predicted octanol–water partition coefficient (Wildman–Crippen LogP) is 2.50. The molecule has 1 saturated heterocycles. The third-order valence-electron chi connectivity index (χ3n) is 3.70. The number of halogens is 2. The molecule has 108 valence electrons. The molecule has 0 aromatic heterocycles. The number of hydrogen-bond acceptors (Lipinski definition) is 2. The highest BCUT2D eigenvalue weighted by molar-refractivity contribution is 6.31. The Kier molecular flexibility index (Phi) is 3.99. The van der Waals surface area contributed by atoms with Crippen molar-refractivity contribution in [3.05, 3.63) is 29.0 Å². The van der Waals surface area contributed by atoms with Gasteiger partial charge in [-0.2, -0.15) is 0 Å². The lowest BCUT2D eigenvalue weighted by molar-refractivity contribution is -0.136. The van der Waals surface area contributed by atoms with Gasteiger partial charge in [-0.1, -0.05) is 25.4 Å². The SMILES string of the molecule is CCC1(CC)NC(=O)CN(c2cc(F)cc(Cl)c2)C1=O. The summed E-state index contributed by atoms with van der Waals surface area (Å²) in [7, 11) is 0. The largest absolute Gasteiger partial charge is 0.340 e. The fourth-order valence-electron chi connectivity index (χ4n) is 2.47. The molecule has 2 amide bonds. The number of benzene rings is 1. The third kappa shape index (κ3) is 2.50. The van der Waals surface area contributed by atoms with Gasteiger partial charge < -0.3 is 10.2 Å². The smallest absolute Gasteiger partial charge is 0.253 e. The average molecular weight is 299 g/mol. The van der Waals surface area contributed by atoms with Crippen LogP contribution in [0.1, 0.15) is 26.7 Å². The molecule has 0 radical (unpaired) electrons. The van der Waals surface area contributed by atoms with E-state index in [0.29, 0.717) is 18.5 Å². The lowest BCUT2D eigenvalue weighted by Crippen LogP contribution is -2.66. The molecule has 0 unspecified atom stereocenters. The van der Waals surface area contributed by atoms with E-state index in [-0.39, 0.29) is 23.4 Å². The van der Waals surface area contributed by atoms with E-state index in [9.17, 15) is 14.0 Å². The Balaban J connectivity index is 2.44. The van der Waals surface area contributed by atoms with Crippen LogP contribution in [0.3, 0.4) is 0 Å². The number of carbonyl (C=O) groups excluding carboxylic acids is 2. The standard InChI is InChI=1S/C14H16ClFN2O2/c1-3-14(4-2)13(20)18(8-12(19)17-14)11-6-9(15)5-10(16)7-11/h5-7H,3-4,8H2,1-2H3,(H,17,19). The molecule has 1 N–H and O–H groups in total. The van der Waals surface area contributed by atoms with Crippen LogP contribution >= 0.6 is 11.6 Å². The summed E-state index contributed by atoms with van der Waals surface area (Å²) in [5.41, 5.74) is -0.616. The van der Waals surface area contributed by atoms with E-state index in [0.717, 1.165) is 6.07 Å². The second kappa shape index (κ2) is 5.40. The number of hydrogen-bond donors (Lipinski definition) is 1. The molecule has 4 nitrogen and oxygen atoms in total. The number of anilines is 1. The molecule has 1 aliphatic heterocycles. The molecular weight excluding hydrogens is 283 g/mol. The van der Waals surface area contributed by atoms with Crippen LogP contribution in [0.15, 0.2) is 18.2 Å². The molecule has 1 fully saturated rings. The first kappa shape index (κ1) is 14.8. The van der Waals surface area contributed by atoms with Crippen molar-refractivity contribution in [3.8, 4) is 0 Å². The van der Waals surface area contributed by atoms with Crippen molar-refractivity contribution < 1.29 is 14.0 Å². The van der Waals surface area contributed by atoms with Gasteiger partial charge in [-0.15, -0.1) is 0 Å². The number of amides is 2. The Morgan fingerprint density at radius 3 is 2.50 bits per heavy atom. The summed E-state index contributed by atoms with van der Waals surface area (Å²) < 4.78 is 13.4. The summed E-state index contributed by atoms with van der Waals surface area (Å²) in [6, 6.07) is 3.85. The molecule has 1 aromatic rings. The predicted molar refractivity (Wildman–Crippen MR) is 75.2 cm³/mol. The number of nitrogens with one attached hydrogen (secondary N) is 1. The molecule has 0 atom stereocenters. The maximum Gasteiger partial charge on any atom is 0.253 e. The van der Waals surface area contributed by atoms with Crippen molar-refractivity contribution in [2.24, 2.45) is 0 Å². The first-order chi connectivity index (χ1) is 9.41.